The highest BCUT2D eigenvalue weighted by atomic mass is 16.2. The predicted molar refractivity (Wildman–Crippen MR) is 70.8 cm³/mol. The van der Waals surface area contributed by atoms with Gasteiger partial charge in [0.15, 0.2) is 0 Å². The summed E-state index contributed by atoms with van der Waals surface area (Å²) in [6, 6.07) is 9.16. The highest BCUT2D eigenvalue weighted by molar-refractivity contribution is 6.09. The molecule has 1 aliphatic rings. The van der Waals surface area contributed by atoms with Crippen molar-refractivity contribution >= 4 is 28.5 Å². The van der Waals surface area contributed by atoms with Gasteiger partial charge in [-0.1, -0.05) is 24.3 Å². The standard InChI is InChI=1S/C14H11N3O3/c18-11-7-17(8-12(19)16-11)14(20)13-10-4-2-1-3-9(10)5-6-15-13/h1-6H,7-8H2,(H,16,18,19). The van der Waals surface area contributed by atoms with Crippen molar-refractivity contribution in [3.63, 3.8) is 0 Å². The number of fused-ring (bicyclic) bond motifs is 1. The van der Waals surface area contributed by atoms with Crippen molar-refractivity contribution < 1.29 is 14.4 Å². The van der Waals surface area contributed by atoms with Crippen LogP contribution in [0.4, 0.5) is 0 Å². The van der Waals surface area contributed by atoms with Gasteiger partial charge in [-0.2, -0.15) is 0 Å². The number of nitrogens with zero attached hydrogens (tertiary/aromatic N) is 2. The van der Waals surface area contributed by atoms with E-state index in [4.69, 9.17) is 0 Å². The van der Waals surface area contributed by atoms with Crippen molar-refractivity contribution in [2.24, 2.45) is 0 Å². The number of amides is 3. The summed E-state index contributed by atoms with van der Waals surface area (Å²) in [4.78, 5) is 40.4. The fourth-order valence-corrected chi connectivity index (χ4v) is 2.22. The maximum absolute atomic E-state index is 12.4. The second-order valence-electron chi connectivity index (χ2n) is 4.51. The van der Waals surface area contributed by atoms with E-state index in [2.05, 4.69) is 10.3 Å². The summed E-state index contributed by atoms with van der Waals surface area (Å²) in [6.07, 6.45) is 1.54. The van der Waals surface area contributed by atoms with Crippen molar-refractivity contribution in [3.05, 3.63) is 42.2 Å². The molecule has 1 saturated heterocycles. The van der Waals surface area contributed by atoms with Crippen LogP contribution in [0, 0.1) is 0 Å². The number of aromatic nitrogens is 1. The molecule has 0 atom stereocenters. The van der Waals surface area contributed by atoms with Crippen LogP contribution in [0.2, 0.25) is 0 Å². The zero-order valence-corrected chi connectivity index (χ0v) is 10.5. The van der Waals surface area contributed by atoms with Gasteiger partial charge < -0.3 is 4.90 Å². The Bertz CT molecular complexity index is 705. The summed E-state index contributed by atoms with van der Waals surface area (Å²) >= 11 is 0. The van der Waals surface area contributed by atoms with Gasteiger partial charge in [0, 0.05) is 11.6 Å². The Hall–Kier alpha value is -2.76. The third-order valence-corrected chi connectivity index (χ3v) is 3.11. The predicted octanol–water partition coefficient (Wildman–Crippen LogP) is 0.333. The maximum atomic E-state index is 12.4. The fraction of sp³-hybridized carbons (Fsp3) is 0.143. The van der Waals surface area contributed by atoms with Crippen LogP contribution in [0.15, 0.2) is 36.5 Å². The molecule has 6 heteroatoms. The van der Waals surface area contributed by atoms with Gasteiger partial charge in [0.1, 0.15) is 18.8 Å². The molecule has 0 unspecified atom stereocenters. The van der Waals surface area contributed by atoms with E-state index in [0.29, 0.717) is 5.39 Å². The first-order valence-corrected chi connectivity index (χ1v) is 6.11. The van der Waals surface area contributed by atoms with Gasteiger partial charge in [-0.05, 0) is 11.5 Å². The zero-order valence-electron chi connectivity index (χ0n) is 10.5. The average Bonchev–Trinajstić information content (AvgIpc) is 2.45. The molecule has 20 heavy (non-hydrogen) atoms. The zero-order chi connectivity index (χ0) is 14.1. The number of imide groups is 1. The van der Waals surface area contributed by atoms with Gasteiger partial charge >= 0.3 is 0 Å². The van der Waals surface area contributed by atoms with Gasteiger partial charge in [-0.25, -0.2) is 0 Å². The molecule has 1 N–H and O–H groups in total. The second kappa shape index (κ2) is 4.73. The largest absolute Gasteiger partial charge is 0.319 e. The van der Waals surface area contributed by atoms with Crippen LogP contribution in [-0.2, 0) is 9.59 Å². The molecule has 0 saturated carbocycles. The van der Waals surface area contributed by atoms with E-state index >= 15 is 0 Å². The van der Waals surface area contributed by atoms with Gasteiger partial charge in [0.05, 0.1) is 0 Å². The number of carbonyl (C=O) groups is 3. The van der Waals surface area contributed by atoms with E-state index in [-0.39, 0.29) is 18.8 Å². The molecule has 1 aromatic heterocycles. The highest BCUT2D eigenvalue weighted by Crippen LogP contribution is 2.18. The van der Waals surface area contributed by atoms with Crippen LogP contribution in [-0.4, -0.2) is 40.7 Å². The number of carbonyl (C=O) groups excluding carboxylic acids is 3. The summed E-state index contributed by atoms with van der Waals surface area (Å²) in [7, 11) is 0. The number of hydrogen-bond acceptors (Lipinski definition) is 4. The summed E-state index contributed by atoms with van der Waals surface area (Å²) in [5, 5.41) is 3.76. The Labute approximate surface area is 114 Å². The molecular weight excluding hydrogens is 258 g/mol. The number of piperazine rings is 1. The molecule has 0 radical (unpaired) electrons. The van der Waals surface area contributed by atoms with E-state index in [1.807, 2.05) is 18.2 Å². The Balaban J connectivity index is 2.00. The lowest BCUT2D eigenvalue weighted by Gasteiger charge is -2.25. The summed E-state index contributed by atoms with van der Waals surface area (Å²) in [6.45, 7) is -0.259. The average molecular weight is 269 g/mol. The summed E-state index contributed by atoms with van der Waals surface area (Å²) < 4.78 is 0. The Morgan fingerprint density at radius 1 is 1.10 bits per heavy atom. The number of pyridine rings is 1. The smallest absolute Gasteiger partial charge is 0.274 e. The first-order valence-electron chi connectivity index (χ1n) is 6.11. The second-order valence-corrected chi connectivity index (χ2v) is 4.51. The van der Waals surface area contributed by atoms with Crippen LogP contribution in [0.1, 0.15) is 10.5 Å². The quantitative estimate of drug-likeness (QED) is 0.757. The van der Waals surface area contributed by atoms with Gasteiger partial charge in [0.2, 0.25) is 11.8 Å². The number of rotatable bonds is 1. The maximum Gasteiger partial charge on any atom is 0.274 e. The summed E-state index contributed by atoms with van der Waals surface area (Å²) in [5.41, 5.74) is 0.255. The van der Waals surface area contributed by atoms with Crippen molar-refractivity contribution in [3.8, 4) is 0 Å². The molecule has 1 aliphatic heterocycles. The van der Waals surface area contributed by atoms with Crippen LogP contribution >= 0.6 is 0 Å². The highest BCUT2D eigenvalue weighted by Gasteiger charge is 2.28. The first kappa shape index (κ1) is 12.3. The number of hydrogen-bond donors (Lipinski definition) is 1. The molecule has 3 amide bonds. The van der Waals surface area contributed by atoms with Gasteiger partial charge in [0.25, 0.3) is 5.91 Å². The first-order chi connectivity index (χ1) is 9.65. The lowest BCUT2D eigenvalue weighted by Crippen LogP contribution is -2.53. The molecule has 2 aromatic rings. The van der Waals surface area contributed by atoms with E-state index in [0.717, 1.165) is 5.39 Å². The lowest BCUT2D eigenvalue weighted by atomic mass is 10.1. The lowest BCUT2D eigenvalue weighted by molar-refractivity contribution is -0.135. The molecule has 6 nitrogen and oxygen atoms in total. The topological polar surface area (TPSA) is 79.4 Å². The molecule has 0 bridgehead atoms. The SMILES string of the molecule is O=C1CN(C(=O)c2nccc3ccccc23)CC(=O)N1. The third-order valence-electron chi connectivity index (χ3n) is 3.11. The molecule has 1 aromatic carbocycles. The molecule has 2 heterocycles. The van der Waals surface area contributed by atoms with E-state index in [1.165, 1.54) is 4.90 Å². The molecule has 1 fully saturated rings. The number of benzene rings is 1. The Morgan fingerprint density at radius 2 is 1.80 bits per heavy atom. The Morgan fingerprint density at radius 3 is 2.55 bits per heavy atom. The van der Waals surface area contributed by atoms with Crippen LogP contribution in [0.5, 0.6) is 0 Å². The van der Waals surface area contributed by atoms with Crippen molar-refractivity contribution in [2.45, 2.75) is 0 Å². The Kier molecular flexibility index (Phi) is 2.90. The van der Waals surface area contributed by atoms with Crippen molar-refractivity contribution in [1.82, 2.24) is 15.2 Å². The van der Waals surface area contributed by atoms with E-state index in [9.17, 15) is 14.4 Å². The monoisotopic (exact) mass is 269 g/mol. The minimum Gasteiger partial charge on any atom is -0.319 e. The van der Waals surface area contributed by atoms with Gasteiger partial charge in [-0.3, -0.25) is 24.7 Å². The van der Waals surface area contributed by atoms with Crippen molar-refractivity contribution in [1.29, 1.82) is 0 Å². The summed E-state index contributed by atoms with van der Waals surface area (Å²) in [5.74, 6) is -1.37. The normalized spacial score (nSPS) is 15.3. The molecule has 0 spiro atoms. The van der Waals surface area contributed by atoms with Crippen LogP contribution in [0.3, 0.4) is 0 Å². The van der Waals surface area contributed by atoms with Crippen LogP contribution < -0.4 is 5.32 Å². The fourth-order valence-electron chi connectivity index (χ4n) is 2.22. The third kappa shape index (κ3) is 2.11. The molecular formula is C14H11N3O3. The number of nitrogens with one attached hydrogen (secondary N) is 1. The van der Waals surface area contributed by atoms with Crippen LogP contribution in [0.25, 0.3) is 10.8 Å². The van der Waals surface area contributed by atoms with E-state index < -0.39 is 17.7 Å². The van der Waals surface area contributed by atoms with E-state index in [1.54, 1.807) is 18.3 Å². The van der Waals surface area contributed by atoms with Crippen molar-refractivity contribution in [2.75, 3.05) is 13.1 Å². The minimum absolute atomic E-state index is 0.129. The minimum atomic E-state index is -0.477. The molecule has 100 valence electrons. The van der Waals surface area contributed by atoms with Gasteiger partial charge in [-0.15, -0.1) is 0 Å². The molecule has 3 rings (SSSR count). The molecule has 0 aliphatic carbocycles.